The van der Waals surface area contributed by atoms with Crippen LogP contribution in [0, 0.1) is 0 Å². The van der Waals surface area contributed by atoms with E-state index in [1.54, 1.807) is 0 Å². The number of carbonyl (C=O) groups excluding carboxylic acids is 2. The van der Waals surface area contributed by atoms with Crippen molar-refractivity contribution in [1.29, 1.82) is 0 Å². The lowest BCUT2D eigenvalue weighted by molar-refractivity contribution is -0.136. The monoisotopic (exact) mass is 373 g/mol. The quantitative estimate of drug-likeness (QED) is 0.819. The number of benzene rings is 2. The maximum Gasteiger partial charge on any atom is 0.336 e. The van der Waals surface area contributed by atoms with Crippen molar-refractivity contribution in [2.45, 2.75) is 31.6 Å². The number of ketones is 1. The molecule has 1 N–H and O–H groups in total. The summed E-state index contributed by atoms with van der Waals surface area (Å²) in [6, 6.07) is 19.9. The highest BCUT2D eigenvalue weighted by Gasteiger charge is 2.41. The van der Waals surface area contributed by atoms with E-state index in [-0.39, 0.29) is 11.7 Å². The maximum absolute atomic E-state index is 13.3. The summed E-state index contributed by atoms with van der Waals surface area (Å²) in [5, 5.41) is 3.35. The van der Waals surface area contributed by atoms with Gasteiger partial charge in [0.2, 0.25) is 0 Å². The van der Waals surface area contributed by atoms with Crippen LogP contribution in [-0.4, -0.2) is 18.9 Å². The zero-order valence-corrected chi connectivity index (χ0v) is 16.1. The van der Waals surface area contributed by atoms with Crippen LogP contribution in [0.4, 0.5) is 0 Å². The molecule has 0 fully saturated rings. The highest BCUT2D eigenvalue weighted by Crippen LogP contribution is 2.45. The number of hydrogen-bond donors (Lipinski definition) is 1. The molecule has 0 radical (unpaired) electrons. The molecule has 1 aliphatic heterocycles. The Labute approximate surface area is 164 Å². The van der Waals surface area contributed by atoms with Crippen LogP contribution in [0.15, 0.2) is 83.2 Å². The molecule has 0 aromatic heterocycles. The van der Waals surface area contributed by atoms with E-state index in [1.165, 1.54) is 12.7 Å². The number of esters is 1. The molecule has 4 nitrogen and oxygen atoms in total. The highest BCUT2D eigenvalue weighted by atomic mass is 16.5. The predicted molar refractivity (Wildman–Crippen MR) is 107 cm³/mol. The van der Waals surface area contributed by atoms with E-state index >= 15 is 0 Å². The molecule has 0 bridgehead atoms. The fourth-order valence-electron chi connectivity index (χ4n) is 4.36. The fraction of sp³-hybridized carbons (Fsp3) is 0.250. The Balaban J connectivity index is 1.81. The van der Waals surface area contributed by atoms with Gasteiger partial charge in [0.1, 0.15) is 0 Å². The minimum atomic E-state index is -0.400. The van der Waals surface area contributed by atoms with Gasteiger partial charge in [0.15, 0.2) is 5.78 Å². The third-order valence-corrected chi connectivity index (χ3v) is 5.64. The van der Waals surface area contributed by atoms with Crippen LogP contribution in [0.2, 0.25) is 0 Å². The smallest absolute Gasteiger partial charge is 0.336 e. The average molecular weight is 373 g/mol. The number of ether oxygens (including phenoxy) is 1. The van der Waals surface area contributed by atoms with Crippen molar-refractivity contribution in [3.63, 3.8) is 0 Å². The molecule has 0 amide bonds. The van der Waals surface area contributed by atoms with Gasteiger partial charge in [-0.25, -0.2) is 4.79 Å². The number of methoxy groups -OCH3 is 1. The molecule has 0 spiro atoms. The van der Waals surface area contributed by atoms with Crippen molar-refractivity contribution in [3.8, 4) is 0 Å². The minimum absolute atomic E-state index is 0.0883. The number of allylic oxidation sites excluding steroid dienone is 3. The van der Waals surface area contributed by atoms with Gasteiger partial charge in [-0.15, -0.1) is 0 Å². The molecule has 28 heavy (non-hydrogen) atoms. The van der Waals surface area contributed by atoms with Gasteiger partial charge in [-0.3, -0.25) is 4.79 Å². The third-order valence-electron chi connectivity index (χ3n) is 5.64. The Hall–Kier alpha value is -3.14. The van der Waals surface area contributed by atoms with Gasteiger partial charge in [0, 0.05) is 29.3 Å². The molecule has 142 valence electrons. The maximum atomic E-state index is 13.3. The topological polar surface area (TPSA) is 55.4 Å². The first-order chi connectivity index (χ1) is 13.6. The molecular formula is C24H23NO3. The number of carbonyl (C=O) groups is 2. The normalized spacial score (nSPS) is 21.9. The largest absolute Gasteiger partial charge is 0.466 e. The molecule has 2 atom stereocenters. The number of dihydropyridines is 1. The Kier molecular flexibility index (Phi) is 4.86. The van der Waals surface area contributed by atoms with Gasteiger partial charge in [0.25, 0.3) is 0 Å². The zero-order chi connectivity index (χ0) is 19.7. The number of hydrogen-bond acceptors (Lipinski definition) is 4. The van der Waals surface area contributed by atoms with Crippen LogP contribution in [0.25, 0.3) is 0 Å². The Bertz CT molecular complexity index is 973. The van der Waals surface area contributed by atoms with E-state index in [2.05, 4.69) is 17.4 Å². The van der Waals surface area contributed by atoms with Gasteiger partial charge >= 0.3 is 5.97 Å². The van der Waals surface area contributed by atoms with Gasteiger partial charge in [0.05, 0.1) is 12.7 Å². The lowest BCUT2D eigenvalue weighted by Gasteiger charge is -2.36. The van der Waals surface area contributed by atoms with E-state index in [9.17, 15) is 9.59 Å². The van der Waals surface area contributed by atoms with E-state index in [4.69, 9.17) is 4.74 Å². The standard InChI is InChI=1S/C24H23NO3/c1-15-21(24(27)28-2)22(17-11-7-4-8-12-17)23-19(25-15)13-18(14-20(23)26)16-9-5-3-6-10-16/h3-12,18,22,25H,13-14H2,1-2H3/t18-,22-/m1/s1. The van der Waals surface area contributed by atoms with Crippen molar-refractivity contribution in [2.24, 2.45) is 0 Å². The van der Waals surface area contributed by atoms with E-state index in [1.807, 2.05) is 55.5 Å². The molecule has 1 heterocycles. The number of nitrogens with one attached hydrogen (secondary N) is 1. The van der Waals surface area contributed by atoms with Gasteiger partial charge in [-0.1, -0.05) is 60.7 Å². The Morgan fingerprint density at radius 3 is 2.18 bits per heavy atom. The van der Waals surface area contributed by atoms with Crippen molar-refractivity contribution in [2.75, 3.05) is 7.11 Å². The average Bonchev–Trinajstić information content (AvgIpc) is 2.73. The second-order valence-electron chi connectivity index (χ2n) is 7.33. The molecular weight excluding hydrogens is 350 g/mol. The lowest BCUT2D eigenvalue weighted by Crippen LogP contribution is -2.36. The molecule has 0 unspecified atom stereocenters. The van der Waals surface area contributed by atoms with Crippen LogP contribution >= 0.6 is 0 Å². The number of Topliss-reactive ketones (excluding diaryl/α,β-unsaturated/α-hetero) is 1. The Morgan fingerprint density at radius 1 is 0.964 bits per heavy atom. The van der Waals surface area contributed by atoms with E-state index in [0.29, 0.717) is 17.6 Å². The van der Waals surface area contributed by atoms with Crippen molar-refractivity contribution < 1.29 is 14.3 Å². The summed E-state index contributed by atoms with van der Waals surface area (Å²) in [6.45, 7) is 1.88. The molecule has 2 aromatic rings. The highest BCUT2D eigenvalue weighted by molar-refractivity contribution is 6.04. The third kappa shape index (κ3) is 3.15. The van der Waals surface area contributed by atoms with Crippen LogP contribution in [0.3, 0.4) is 0 Å². The molecule has 1 aliphatic carbocycles. The fourth-order valence-corrected chi connectivity index (χ4v) is 4.36. The molecule has 2 aromatic carbocycles. The summed E-state index contributed by atoms with van der Waals surface area (Å²) in [4.78, 5) is 25.9. The summed E-state index contributed by atoms with van der Waals surface area (Å²) in [6.07, 6.45) is 1.20. The molecule has 4 heteroatoms. The van der Waals surface area contributed by atoms with Crippen LogP contribution < -0.4 is 5.32 Å². The van der Waals surface area contributed by atoms with Crippen LogP contribution in [-0.2, 0) is 14.3 Å². The summed E-state index contributed by atoms with van der Waals surface area (Å²) in [5.74, 6) is -0.563. The molecule has 4 rings (SSSR count). The van der Waals surface area contributed by atoms with Gasteiger partial charge in [-0.05, 0) is 30.4 Å². The van der Waals surface area contributed by atoms with E-state index in [0.717, 1.165) is 23.4 Å². The minimum Gasteiger partial charge on any atom is -0.466 e. The van der Waals surface area contributed by atoms with Crippen LogP contribution in [0.5, 0.6) is 0 Å². The van der Waals surface area contributed by atoms with Crippen molar-refractivity contribution in [3.05, 3.63) is 94.3 Å². The summed E-state index contributed by atoms with van der Waals surface area (Å²) < 4.78 is 5.05. The number of rotatable bonds is 3. The second kappa shape index (κ2) is 7.47. The SMILES string of the molecule is COC(=O)C1=C(C)NC2=C(C(=O)C[C@H](c3ccccc3)C2)[C@@H]1c1ccccc1. The summed E-state index contributed by atoms with van der Waals surface area (Å²) in [7, 11) is 1.38. The second-order valence-corrected chi connectivity index (χ2v) is 7.33. The molecule has 0 saturated carbocycles. The van der Waals surface area contributed by atoms with Crippen molar-refractivity contribution in [1.82, 2.24) is 5.32 Å². The Morgan fingerprint density at radius 2 is 1.57 bits per heavy atom. The van der Waals surface area contributed by atoms with E-state index < -0.39 is 11.9 Å². The summed E-state index contributed by atoms with van der Waals surface area (Å²) >= 11 is 0. The zero-order valence-electron chi connectivity index (χ0n) is 16.1. The summed E-state index contributed by atoms with van der Waals surface area (Å²) in [5.41, 5.74) is 4.98. The van der Waals surface area contributed by atoms with Crippen LogP contribution in [0.1, 0.15) is 42.7 Å². The van der Waals surface area contributed by atoms with Gasteiger partial charge < -0.3 is 10.1 Å². The van der Waals surface area contributed by atoms with Gasteiger partial charge in [-0.2, -0.15) is 0 Å². The van der Waals surface area contributed by atoms with Crippen molar-refractivity contribution >= 4 is 11.8 Å². The lowest BCUT2D eigenvalue weighted by atomic mass is 9.72. The molecule has 0 saturated heterocycles. The first-order valence-corrected chi connectivity index (χ1v) is 9.52. The first-order valence-electron chi connectivity index (χ1n) is 9.52. The predicted octanol–water partition coefficient (Wildman–Crippen LogP) is 4.22. The first kappa shape index (κ1) is 18.2. The molecule has 2 aliphatic rings.